The zero-order chi connectivity index (χ0) is 13.2. The molecule has 3 heteroatoms. The van der Waals surface area contributed by atoms with Crippen LogP contribution in [0.3, 0.4) is 0 Å². The number of rotatable bonds is 2. The Morgan fingerprint density at radius 2 is 1.47 bits per heavy atom. The monoisotopic (exact) mass is 270 g/mol. The Hall–Kier alpha value is -2.06. The molecule has 2 nitrogen and oxygen atoms in total. The van der Waals surface area contributed by atoms with E-state index in [0.29, 0.717) is 10.6 Å². The van der Waals surface area contributed by atoms with Gasteiger partial charge in [-0.15, -0.1) is 0 Å². The molecule has 0 fully saturated rings. The minimum atomic E-state index is -0.495. The third-order valence-electron chi connectivity index (χ3n) is 3.06. The third-order valence-corrected chi connectivity index (χ3v) is 3.45. The van der Waals surface area contributed by atoms with Gasteiger partial charge in [-0.1, -0.05) is 72.3 Å². The zero-order valence-electron chi connectivity index (χ0n) is 10.0. The molecule has 0 amide bonds. The van der Waals surface area contributed by atoms with E-state index in [0.717, 1.165) is 11.1 Å². The van der Waals surface area contributed by atoms with Gasteiger partial charge < -0.3 is 4.74 Å². The maximum absolute atomic E-state index is 12.0. The summed E-state index contributed by atoms with van der Waals surface area (Å²) in [6, 6.07) is 18.8. The quantitative estimate of drug-likeness (QED) is 0.773. The van der Waals surface area contributed by atoms with E-state index in [1.54, 1.807) is 0 Å². The van der Waals surface area contributed by atoms with Gasteiger partial charge in [0.1, 0.15) is 0 Å². The van der Waals surface area contributed by atoms with Gasteiger partial charge in [0.05, 0.1) is 10.6 Å². The molecule has 94 valence electrons. The van der Waals surface area contributed by atoms with Crippen LogP contribution in [-0.2, 0) is 9.53 Å². The summed E-state index contributed by atoms with van der Waals surface area (Å²) in [6.45, 7) is 0. The fourth-order valence-electron chi connectivity index (χ4n) is 2.15. The van der Waals surface area contributed by atoms with Gasteiger partial charge in [-0.2, -0.15) is 0 Å². The molecule has 0 bridgehead atoms. The summed E-state index contributed by atoms with van der Waals surface area (Å²) in [5, 5.41) is 0.447. The number of carbonyl (C=O) groups is 1. The molecular formula is C16H11ClO2. The van der Waals surface area contributed by atoms with E-state index in [4.69, 9.17) is 16.3 Å². The van der Waals surface area contributed by atoms with Gasteiger partial charge in [0.2, 0.25) is 0 Å². The standard InChI is InChI=1S/C16H11ClO2/c17-14-13(11-7-3-1-4-8-11)16(18)19-15(14)12-9-5-2-6-10-12/h1-10,15H/t15-/m1/s1. The number of hydrogen-bond donors (Lipinski definition) is 0. The average molecular weight is 271 g/mol. The van der Waals surface area contributed by atoms with Crippen molar-refractivity contribution < 1.29 is 9.53 Å². The summed E-state index contributed by atoms with van der Waals surface area (Å²) in [4.78, 5) is 12.0. The highest BCUT2D eigenvalue weighted by Gasteiger charge is 2.34. The van der Waals surface area contributed by atoms with E-state index >= 15 is 0 Å². The Kier molecular flexibility index (Phi) is 3.10. The van der Waals surface area contributed by atoms with Crippen molar-refractivity contribution in [2.24, 2.45) is 0 Å². The van der Waals surface area contributed by atoms with Crippen LogP contribution in [0.2, 0.25) is 0 Å². The first-order chi connectivity index (χ1) is 9.27. The lowest BCUT2D eigenvalue weighted by Gasteiger charge is -2.09. The molecule has 0 aromatic heterocycles. The Balaban J connectivity index is 2.05. The number of hydrogen-bond acceptors (Lipinski definition) is 2. The molecule has 2 aromatic carbocycles. The number of esters is 1. The van der Waals surface area contributed by atoms with Crippen molar-refractivity contribution in [1.29, 1.82) is 0 Å². The number of carbonyl (C=O) groups excluding carboxylic acids is 1. The Morgan fingerprint density at radius 3 is 2.11 bits per heavy atom. The second kappa shape index (κ2) is 4.90. The third kappa shape index (κ3) is 2.15. The van der Waals surface area contributed by atoms with Crippen LogP contribution in [0.4, 0.5) is 0 Å². The molecular weight excluding hydrogens is 260 g/mol. The summed E-state index contributed by atoms with van der Waals surface area (Å²) < 4.78 is 5.38. The van der Waals surface area contributed by atoms with Crippen molar-refractivity contribution in [2.75, 3.05) is 0 Å². The van der Waals surface area contributed by atoms with Crippen molar-refractivity contribution in [1.82, 2.24) is 0 Å². The van der Waals surface area contributed by atoms with E-state index in [-0.39, 0.29) is 5.97 Å². The topological polar surface area (TPSA) is 26.3 Å². The Morgan fingerprint density at radius 1 is 0.895 bits per heavy atom. The Bertz CT molecular complexity index is 632. The van der Waals surface area contributed by atoms with Crippen LogP contribution in [0.1, 0.15) is 17.2 Å². The summed E-state index contributed by atoms with van der Waals surface area (Å²) in [5.41, 5.74) is 2.12. The largest absolute Gasteiger partial charge is 0.448 e. The van der Waals surface area contributed by atoms with Crippen LogP contribution in [0.5, 0.6) is 0 Å². The number of benzene rings is 2. The Labute approximate surface area is 116 Å². The predicted molar refractivity (Wildman–Crippen MR) is 74.5 cm³/mol. The maximum Gasteiger partial charge on any atom is 0.341 e. The van der Waals surface area contributed by atoms with Gasteiger partial charge in [-0.25, -0.2) is 4.79 Å². The minimum Gasteiger partial charge on any atom is -0.448 e. The summed E-state index contributed by atoms with van der Waals surface area (Å²) in [7, 11) is 0. The smallest absolute Gasteiger partial charge is 0.341 e. The first-order valence-electron chi connectivity index (χ1n) is 5.98. The van der Waals surface area contributed by atoms with Gasteiger partial charge in [0.15, 0.2) is 6.10 Å². The molecule has 0 radical (unpaired) electrons. The molecule has 1 aliphatic rings. The van der Waals surface area contributed by atoms with Crippen molar-refractivity contribution in [3.05, 3.63) is 76.8 Å². The number of halogens is 1. The van der Waals surface area contributed by atoms with Gasteiger partial charge >= 0.3 is 5.97 Å². The van der Waals surface area contributed by atoms with Gasteiger partial charge in [-0.3, -0.25) is 0 Å². The van der Waals surface area contributed by atoms with Crippen LogP contribution in [0.15, 0.2) is 65.7 Å². The summed E-state index contributed by atoms with van der Waals surface area (Å²) in [6.07, 6.45) is -0.495. The molecule has 0 saturated carbocycles. The molecule has 0 N–H and O–H groups in total. The molecule has 19 heavy (non-hydrogen) atoms. The van der Waals surface area contributed by atoms with Crippen LogP contribution in [0, 0.1) is 0 Å². The summed E-state index contributed by atoms with van der Waals surface area (Å²) >= 11 is 6.34. The van der Waals surface area contributed by atoms with Crippen molar-refractivity contribution >= 4 is 23.1 Å². The first kappa shape index (κ1) is 12.0. The molecule has 3 rings (SSSR count). The highest BCUT2D eigenvalue weighted by molar-refractivity contribution is 6.40. The normalized spacial score (nSPS) is 18.6. The van der Waals surface area contributed by atoms with Gasteiger partial charge in [0.25, 0.3) is 0 Å². The molecule has 0 spiro atoms. The van der Waals surface area contributed by atoms with Crippen LogP contribution < -0.4 is 0 Å². The molecule has 0 unspecified atom stereocenters. The van der Waals surface area contributed by atoms with Crippen LogP contribution >= 0.6 is 11.6 Å². The van der Waals surface area contributed by atoms with E-state index < -0.39 is 6.10 Å². The number of cyclic esters (lactones) is 1. The average Bonchev–Trinajstić information content (AvgIpc) is 2.76. The second-order valence-electron chi connectivity index (χ2n) is 4.28. The fraction of sp³-hybridized carbons (Fsp3) is 0.0625. The van der Waals surface area contributed by atoms with E-state index in [9.17, 15) is 4.79 Å². The summed E-state index contributed by atoms with van der Waals surface area (Å²) in [5.74, 6) is -0.370. The van der Waals surface area contributed by atoms with E-state index in [1.165, 1.54) is 0 Å². The number of ether oxygens (including phenoxy) is 1. The van der Waals surface area contributed by atoms with Crippen molar-refractivity contribution in [2.45, 2.75) is 6.10 Å². The lowest BCUT2D eigenvalue weighted by molar-refractivity contribution is -0.138. The lowest BCUT2D eigenvalue weighted by atomic mass is 10.0. The van der Waals surface area contributed by atoms with E-state index in [1.807, 2.05) is 60.7 Å². The maximum atomic E-state index is 12.0. The van der Waals surface area contributed by atoms with Gasteiger partial charge in [0, 0.05) is 0 Å². The minimum absolute atomic E-state index is 0.370. The van der Waals surface area contributed by atoms with Crippen LogP contribution in [-0.4, -0.2) is 5.97 Å². The molecule has 1 heterocycles. The first-order valence-corrected chi connectivity index (χ1v) is 6.36. The second-order valence-corrected chi connectivity index (χ2v) is 4.69. The van der Waals surface area contributed by atoms with E-state index in [2.05, 4.69) is 0 Å². The molecule has 0 aliphatic carbocycles. The molecule has 2 aromatic rings. The van der Waals surface area contributed by atoms with Crippen molar-refractivity contribution in [3.63, 3.8) is 0 Å². The highest BCUT2D eigenvalue weighted by Crippen LogP contribution is 2.41. The van der Waals surface area contributed by atoms with Crippen LogP contribution in [0.25, 0.3) is 5.57 Å². The molecule has 0 saturated heterocycles. The predicted octanol–water partition coefficient (Wildman–Crippen LogP) is 3.93. The van der Waals surface area contributed by atoms with Crippen molar-refractivity contribution in [3.8, 4) is 0 Å². The highest BCUT2D eigenvalue weighted by atomic mass is 35.5. The van der Waals surface area contributed by atoms with Gasteiger partial charge in [-0.05, 0) is 11.1 Å². The SMILES string of the molecule is O=C1O[C@H](c2ccccc2)C(Cl)=C1c1ccccc1. The fourth-order valence-corrected chi connectivity index (χ4v) is 2.51. The molecule has 1 atom stereocenters. The lowest BCUT2D eigenvalue weighted by Crippen LogP contribution is -2.02. The zero-order valence-corrected chi connectivity index (χ0v) is 10.8. The molecule has 1 aliphatic heterocycles.